The van der Waals surface area contributed by atoms with E-state index in [-0.39, 0.29) is 19.1 Å². The molecule has 0 unspecified atom stereocenters. The Morgan fingerprint density at radius 2 is 1.82 bits per heavy atom. The quantitative estimate of drug-likeness (QED) is 0.572. The first-order chi connectivity index (χ1) is 13.5. The van der Waals surface area contributed by atoms with E-state index in [9.17, 15) is 9.59 Å². The van der Waals surface area contributed by atoms with Crippen molar-refractivity contribution in [1.29, 1.82) is 0 Å². The molecule has 1 aromatic heterocycles. The molecular weight excluding hydrogens is 374 g/mol. The normalized spacial score (nSPS) is 10.7. The van der Waals surface area contributed by atoms with Crippen molar-refractivity contribution in [3.8, 4) is 5.75 Å². The van der Waals surface area contributed by atoms with Crippen LogP contribution in [0.1, 0.15) is 34.6 Å². The van der Waals surface area contributed by atoms with Gasteiger partial charge in [0, 0.05) is 4.88 Å². The molecule has 0 aliphatic rings. The molecule has 0 aliphatic carbocycles. The Bertz CT molecular complexity index is 1010. The van der Waals surface area contributed by atoms with Crippen LogP contribution in [0.25, 0.3) is 10.8 Å². The Labute approximate surface area is 168 Å². The van der Waals surface area contributed by atoms with E-state index in [0.717, 1.165) is 21.2 Å². The van der Waals surface area contributed by atoms with Gasteiger partial charge in [-0.1, -0.05) is 37.3 Å². The van der Waals surface area contributed by atoms with Gasteiger partial charge in [-0.25, -0.2) is 4.79 Å². The number of esters is 1. The van der Waals surface area contributed by atoms with E-state index in [1.807, 2.05) is 56.3 Å². The van der Waals surface area contributed by atoms with E-state index in [4.69, 9.17) is 9.47 Å². The summed E-state index contributed by atoms with van der Waals surface area (Å²) in [5, 5.41) is 5.48. The molecule has 0 fully saturated rings. The molecule has 1 N–H and O–H groups in total. The standard InChI is InChI=1S/C22H23NO4S/c1-4-18-14(3)28-21(20(18)22(25)26-5-2)23-19(24)13-27-17-11-10-15-8-6-7-9-16(15)12-17/h6-12H,4-5,13H2,1-3H3,(H,23,24). The van der Waals surface area contributed by atoms with Crippen molar-refractivity contribution >= 4 is 39.0 Å². The van der Waals surface area contributed by atoms with Gasteiger partial charge in [-0.15, -0.1) is 11.3 Å². The molecule has 0 saturated heterocycles. The van der Waals surface area contributed by atoms with Crippen molar-refractivity contribution < 1.29 is 19.1 Å². The summed E-state index contributed by atoms with van der Waals surface area (Å²) < 4.78 is 10.8. The zero-order valence-corrected chi connectivity index (χ0v) is 17.0. The van der Waals surface area contributed by atoms with Crippen molar-refractivity contribution in [1.82, 2.24) is 0 Å². The summed E-state index contributed by atoms with van der Waals surface area (Å²) in [4.78, 5) is 25.8. The molecule has 146 valence electrons. The Morgan fingerprint density at radius 1 is 1.07 bits per heavy atom. The number of thiophene rings is 1. The minimum atomic E-state index is -0.408. The summed E-state index contributed by atoms with van der Waals surface area (Å²) in [5.41, 5.74) is 1.36. The highest BCUT2D eigenvalue weighted by molar-refractivity contribution is 7.16. The van der Waals surface area contributed by atoms with Crippen LogP contribution in [0.5, 0.6) is 5.75 Å². The van der Waals surface area contributed by atoms with Gasteiger partial charge in [-0.3, -0.25) is 4.79 Å². The van der Waals surface area contributed by atoms with Crippen LogP contribution in [0.2, 0.25) is 0 Å². The fraction of sp³-hybridized carbons (Fsp3) is 0.273. The number of hydrogen-bond acceptors (Lipinski definition) is 5. The summed E-state index contributed by atoms with van der Waals surface area (Å²) >= 11 is 1.38. The van der Waals surface area contributed by atoms with Crippen LogP contribution >= 0.6 is 11.3 Å². The summed E-state index contributed by atoms with van der Waals surface area (Å²) in [5.74, 6) is -0.104. The lowest BCUT2D eigenvalue weighted by atomic mass is 10.1. The number of amides is 1. The molecule has 28 heavy (non-hydrogen) atoms. The minimum absolute atomic E-state index is 0.140. The molecular formula is C22H23NO4S. The third-order valence-electron chi connectivity index (χ3n) is 4.39. The fourth-order valence-corrected chi connectivity index (χ4v) is 4.23. The van der Waals surface area contributed by atoms with Gasteiger partial charge in [0.2, 0.25) is 0 Å². The Balaban J connectivity index is 1.71. The largest absolute Gasteiger partial charge is 0.484 e. The first-order valence-corrected chi connectivity index (χ1v) is 10.1. The van der Waals surface area contributed by atoms with E-state index >= 15 is 0 Å². The van der Waals surface area contributed by atoms with Gasteiger partial charge in [-0.05, 0) is 48.7 Å². The van der Waals surface area contributed by atoms with Crippen LogP contribution in [0.4, 0.5) is 5.00 Å². The summed E-state index contributed by atoms with van der Waals surface area (Å²) in [6, 6.07) is 13.6. The molecule has 5 nitrogen and oxygen atoms in total. The van der Waals surface area contributed by atoms with Gasteiger partial charge in [0.15, 0.2) is 6.61 Å². The number of ether oxygens (including phenoxy) is 2. The maximum Gasteiger partial charge on any atom is 0.341 e. The highest BCUT2D eigenvalue weighted by Crippen LogP contribution is 2.34. The second-order valence-electron chi connectivity index (χ2n) is 6.26. The van der Waals surface area contributed by atoms with E-state index in [1.165, 1.54) is 11.3 Å². The molecule has 2 aromatic carbocycles. The second-order valence-corrected chi connectivity index (χ2v) is 7.49. The molecule has 0 spiro atoms. The lowest BCUT2D eigenvalue weighted by Gasteiger charge is -2.09. The van der Waals surface area contributed by atoms with Crippen molar-refractivity contribution in [2.75, 3.05) is 18.5 Å². The van der Waals surface area contributed by atoms with E-state index < -0.39 is 5.97 Å². The summed E-state index contributed by atoms with van der Waals surface area (Å²) in [7, 11) is 0. The molecule has 0 bridgehead atoms. The third-order valence-corrected chi connectivity index (χ3v) is 5.45. The smallest absolute Gasteiger partial charge is 0.341 e. The first-order valence-electron chi connectivity index (χ1n) is 9.24. The maximum atomic E-state index is 12.4. The molecule has 0 aliphatic heterocycles. The molecule has 0 saturated carbocycles. The van der Waals surface area contributed by atoms with Gasteiger partial charge in [-0.2, -0.15) is 0 Å². The maximum absolute atomic E-state index is 12.4. The number of anilines is 1. The third kappa shape index (κ3) is 4.34. The SMILES string of the molecule is CCOC(=O)c1c(NC(=O)COc2ccc3ccccc3c2)sc(C)c1CC. The van der Waals surface area contributed by atoms with Crippen molar-refractivity contribution in [3.05, 3.63) is 58.5 Å². The summed E-state index contributed by atoms with van der Waals surface area (Å²) in [6.45, 7) is 5.83. The lowest BCUT2D eigenvalue weighted by Crippen LogP contribution is -2.21. The van der Waals surface area contributed by atoms with Crippen molar-refractivity contribution in [3.63, 3.8) is 0 Å². The molecule has 1 amide bonds. The average Bonchev–Trinajstić information content (AvgIpc) is 3.01. The molecule has 3 rings (SSSR count). The van der Waals surface area contributed by atoms with E-state index in [1.54, 1.807) is 6.92 Å². The van der Waals surface area contributed by atoms with Crippen molar-refractivity contribution in [2.45, 2.75) is 27.2 Å². The minimum Gasteiger partial charge on any atom is -0.484 e. The molecule has 0 radical (unpaired) electrons. The van der Waals surface area contributed by atoms with Gasteiger partial charge in [0.25, 0.3) is 5.91 Å². The van der Waals surface area contributed by atoms with E-state index in [2.05, 4.69) is 5.32 Å². The van der Waals surface area contributed by atoms with Crippen LogP contribution in [0.3, 0.4) is 0 Å². The van der Waals surface area contributed by atoms with Gasteiger partial charge >= 0.3 is 5.97 Å². The van der Waals surface area contributed by atoms with Gasteiger partial charge in [0.05, 0.1) is 12.2 Å². The van der Waals surface area contributed by atoms with Crippen molar-refractivity contribution in [2.24, 2.45) is 0 Å². The van der Waals surface area contributed by atoms with E-state index in [0.29, 0.717) is 22.7 Å². The Kier molecular flexibility index (Phi) is 6.31. The molecule has 0 atom stereocenters. The van der Waals surface area contributed by atoms with Crippen LogP contribution < -0.4 is 10.1 Å². The lowest BCUT2D eigenvalue weighted by molar-refractivity contribution is -0.118. The van der Waals surface area contributed by atoms with Crippen LogP contribution in [-0.4, -0.2) is 25.1 Å². The predicted molar refractivity (Wildman–Crippen MR) is 112 cm³/mol. The number of carbonyl (C=O) groups is 2. The molecule has 6 heteroatoms. The Hall–Kier alpha value is -2.86. The molecule has 1 heterocycles. The highest BCUT2D eigenvalue weighted by atomic mass is 32.1. The first kappa shape index (κ1) is 19.9. The Morgan fingerprint density at radius 3 is 2.54 bits per heavy atom. The second kappa shape index (κ2) is 8.89. The monoisotopic (exact) mass is 397 g/mol. The van der Waals surface area contributed by atoms with Crippen LogP contribution in [0.15, 0.2) is 42.5 Å². The predicted octanol–water partition coefficient (Wildman–Crippen LogP) is 4.97. The van der Waals surface area contributed by atoms with Crippen LogP contribution in [0, 0.1) is 6.92 Å². The number of aryl methyl sites for hydroxylation is 1. The number of rotatable bonds is 7. The van der Waals surface area contributed by atoms with Gasteiger partial charge < -0.3 is 14.8 Å². The number of fused-ring (bicyclic) bond motifs is 1. The van der Waals surface area contributed by atoms with Crippen LogP contribution in [-0.2, 0) is 16.0 Å². The topological polar surface area (TPSA) is 64.6 Å². The molecule has 3 aromatic rings. The average molecular weight is 397 g/mol. The summed E-state index contributed by atoms with van der Waals surface area (Å²) in [6.07, 6.45) is 0.694. The fourth-order valence-electron chi connectivity index (χ4n) is 3.08. The number of hydrogen-bond donors (Lipinski definition) is 1. The zero-order chi connectivity index (χ0) is 20.1. The number of benzene rings is 2. The number of carbonyl (C=O) groups excluding carboxylic acids is 2. The zero-order valence-electron chi connectivity index (χ0n) is 16.2. The van der Waals surface area contributed by atoms with Gasteiger partial charge in [0.1, 0.15) is 10.8 Å². The highest BCUT2D eigenvalue weighted by Gasteiger charge is 2.23. The number of nitrogens with one attached hydrogen (secondary N) is 1.